The molecule has 0 fully saturated rings. The lowest BCUT2D eigenvalue weighted by atomic mass is 10.3. The Morgan fingerprint density at radius 1 is 1.28 bits per heavy atom. The topological polar surface area (TPSA) is 73.1 Å². The van der Waals surface area contributed by atoms with E-state index in [0.717, 1.165) is 23.7 Å². The van der Waals surface area contributed by atoms with E-state index in [-0.39, 0.29) is 0 Å². The number of nitrogen functional groups attached to an aromatic ring is 1. The molecule has 0 bridgehead atoms. The van der Waals surface area contributed by atoms with Crippen LogP contribution in [0.2, 0.25) is 0 Å². The number of ether oxygens (including phenoxy) is 1. The van der Waals surface area contributed by atoms with E-state index in [1.807, 2.05) is 31.2 Å². The van der Waals surface area contributed by atoms with E-state index in [4.69, 9.17) is 10.5 Å². The Morgan fingerprint density at radius 3 is 2.83 bits per heavy atom. The number of hydrogen-bond acceptors (Lipinski definition) is 5. The lowest BCUT2D eigenvalue weighted by molar-refractivity contribution is 0.415. The zero-order chi connectivity index (χ0) is 13.0. The maximum atomic E-state index is 5.73. The lowest BCUT2D eigenvalue weighted by Gasteiger charge is -2.08. The van der Waals surface area contributed by atoms with E-state index in [2.05, 4.69) is 15.3 Å². The van der Waals surface area contributed by atoms with Crippen LogP contribution in [0.1, 0.15) is 12.7 Å². The van der Waals surface area contributed by atoms with E-state index in [9.17, 15) is 0 Å². The molecular formula is C13H16N4O. The number of benzene rings is 1. The minimum atomic E-state index is 0.465. The third-order valence-corrected chi connectivity index (χ3v) is 2.45. The summed E-state index contributed by atoms with van der Waals surface area (Å²) in [5, 5.41) is 3.18. The van der Waals surface area contributed by atoms with Crippen molar-refractivity contribution in [3.63, 3.8) is 0 Å². The van der Waals surface area contributed by atoms with Gasteiger partial charge in [0.05, 0.1) is 7.11 Å². The van der Waals surface area contributed by atoms with Gasteiger partial charge in [0.1, 0.15) is 23.2 Å². The number of nitrogens with two attached hydrogens (primary N) is 1. The van der Waals surface area contributed by atoms with Gasteiger partial charge in [0, 0.05) is 24.2 Å². The summed E-state index contributed by atoms with van der Waals surface area (Å²) < 4.78 is 5.16. The molecule has 5 heteroatoms. The number of aromatic nitrogens is 2. The van der Waals surface area contributed by atoms with Crippen LogP contribution < -0.4 is 15.8 Å². The van der Waals surface area contributed by atoms with E-state index >= 15 is 0 Å². The minimum Gasteiger partial charge on any atom is -0.497 e. The molecular weight excluding hydrogens is 228 g/mol. The van der Waals surface area contributed by atoms with Crippen molar-refractivity contribution in [1.82, 2.24) is 9.97 Å². The molecule has 0 aliphatic rings. The predicted molar refractivity (Wildman–Crippen MR) is 72.1 cm³/mol. The fourth-order valence-electron chi connectivity index (χ4n) is 1.59. The number of methoxy groups -OCH3 is 1. The maximum Gasteiger partial charge on any atom is 0.136 e. The number of aryl methyl sites for hydroxylation is 1. The molecule has 0 saturated heterocycles. The first-order valence-electron chi connectivity index (χ1n) is 5.75. The molecule has 3 N–H and O–H groups in total. The van der Waals surface area contributed by atoms with Crippen LogP contribution in [0, 0.1) is 0 Å². The second-order valence-electron chi connectivity index (χ2n) is 3.80. The molecule has 94 valence electrons. The van der Waals surface area contributed by atoms with Crippen LogP contribution in [0.3, 0.4) is 0 Å². The molecule has 0 saturated carbocycles. The van der Waals surface area contributed by atoms with Gasteiger partial charge in [-0.3, -0.25) is 0 Å². The minimum absolute atomic E-state index is 0.465. The Labute approximate surface area is 106 Å². The van der Waals surface area contributed by atoms with Crippen LogP contribution in [0.5, 0.6) is 5.75 Å². The second kappa shape index (κ2) is 5.35. The van der Waals surface area contributed by atoms with Gasteiger partial charge in [-0.1, -0.05) is 13.0 Å². The predicted octanol–water partition coefficient (Wildman–Crippen LogP) is 2.37. The number of hydrogen-bond donors (Lipinski definition) is 2. The van der Waals surface area contributed by atoms with E-state index < -0.39 is 0 Å². The van der Waals surface area contributed by atoms with Crippen LogP contribution in [0.4, 0.5) is 17.3 Å². The molecule has 0 aliphatic carbocycles. The number of anilines is 3. The van der Waals surface area contributed by atoms with E-state index in [1.165, 1.54) is 0 Å². The van der Waals surface area contributed by atoms with Crippen molar-refractivity contribution in [2.24, 2.45) is 0 Å². The summed E-state index contributed by atoms with van der Waals surface area (Å²) in [5.41, 5.74) is 6.63. The number of nitrogens with one attached hydrogen (secondary N) is 1. The Hall–Kier alpha value is -2.30. The van der Waals surface area contributed by atoms with Crippen LogP contribution in [-0.4, -0.2) is 17.1 Å². The molecule has 1 aromatic heterocycles. The molecule has 0 radical (unpaired) electrons. The maximum absolute atomic E-state index is 5.73. The molecule has 0 aliphatic heterocycles. The molecule has 1 aromatic carbocycles. The third-order valence-electron chi connectivity index (χ3n) is 2.45. The summed E-state index contributed by atoms with van der Waals surface area (Å²) in [6.45, 7) is 1.99. The van der Waals surface area contributed by atoms with Crippen LogP contribution in [-0.2, 0) is 6.42 Å². The van der Waals surface area contributed by atoms with Crippen LogP contribution in [0.15, 0.2) is 30.3 Å². The quantitative estimate of drug-likeness (QED) is 0.863. The fourth-order valence-corrected chi connectivity index (χ4v) is 1.59. The van der Waals surface area contributed by atoms with Gasteiger partial charge < -0.3 is 15.8 Å². The number of rotatable bonds is 4. The van der Waals surface area contributed by atoms with Crippen molar-refractivity contribution in [3.8, 4) is 5.75 Å². The van der Waals surface area contributed by atoms with E-state index in [1.54, 1.807) is 13.2 Å². The van der Waals surface area contributed by atoms with Crippen molar-refractivity contribution < 1.29 is 4.74 Å². The average Bonchev–Trinajstić information content (AvgIpc) is 2.38. The Morgan fingerprint density at radius 2 is 2.11 bits per heavy atom. The smallest absolute Gasteiger partial charge is 0.136 e. The summed E-state index contributed by atoms with van der Waals surface area (Å²) in [6.07, 6.45) is 0.748. The zero-order valence-corrected chi connectivity index (χ0v) is 10.5. The van der Waals surface area contributed by atoms with Gasteiger partial charge in [-0.15, -0.1) is 0 Å². The summed E-state index contributed by atoms with van der Waals surface area (Å²) in [7, 11) is 1.64. The molecule has 5 nitrogen and oxygen atoms in total. The summed E-state index contributed by atoms with van der Waals surface area (Å²) in [4.78, 5) is 8.49. The summed E-state index contributed by atoms with van der Waals surface area (Å²) in [6, 6.07) is 9.33. The highest BCUT2D eigenvalue weighted by molar-refractivity contribution is 5.60. The Bertz CT molecular complexity index is 542. The SMILES string of the molecule is CCc1nc(N)cc(Nc2cccc(OC)c2)n1. The first-order chi connectivity index (χ1) is 8.71. The molecule has 0 spiro atoms. The zero-order valence-electron chi connectivity index (χ0n) is 10.5. The Balaban J connectivity index is 2.24. The van der Waals surface area contributed by atoms with Crippen molar-refractivity contribution in [3.05, 3.63) is 36.2 Å². The highest BCUT2D eigenvalue weighted by Gasteiger charge is 2.02. The van der Waals surface area contributed by atoms with E-state index in [0.29, 0.717) is 11.6 Å². The van der Waals surface area contributed by atoms with Gasteiger partial charge in [-0.2, -0.15) is 0 Å². The molecule has 2 rings (SSSR count). The molecule has 0 amide bonds. The lowest BCUT2D eigenvalue weighted by Crippen LogP contribution is -2.02. The largest absolute Gasteiger partial charge is 0.497 e. The number of nitrogens with zero attached hydrogens (tertiary/aromatic N) is 2. The van der Waals surface area contributed by atoms with Crippen molar-refractivity contribution in [2.75, 3.05) is 18.2 Å². The first kappa shape index (κ1) is 12.2. The summed E-state index contributed by atoms with van der Waals surface area (Å²) >= 11 is 0. The highest BCUT2D eigenvalue weighted by Crippen LogP contribution is 2.21. The summed E-state index contributed by atoms with van der Waals surface area (Å²) in [5.74, 6) is 2.66. The van der Waals surface area contributed by atoms with Gasteiger partial charge in [-0.05, 0) is 12.1 Å². The van der Waals surface area contributed by atoms with Crippen LogP contribution in [0.25, 0.3) is 0 Å². The fraction of sp³-hybridized carbons (Fsp3) is 0.231. The highest BCUT2D eigenvalue weighted by atomic mass is 16.5. The average molecular weight is 244 g/mol. The molecule has 2 aromatic rings. The Kier molecular flexibility index (Phi) is 3.62. The normalized spacial score (nSPS) is 10.1. The van der Waals surface area contributed by atoms with Gasteiger partial charge >= 0.3 is 0 Å². The van der Waals surface area contributed by atoms with Crippen molar-refractivity contribution in [2.45, 2.75) is 13.3 Å². The van der Waals surface area contributed by atoms with Gasteiger partial charge in [-0.25, -0.2) is 9.97 Å². The van der Waals surface area contributed by atoms with Crippen molar-refractivity contribution in [1.29, 1.82) is 0 Å². The van der Waals surface area contributed by atoms with Gasteiger partial charge in [0.25, 0.3) is 0 Å². The van der Waals surface area contributed by atoms with Crippen molar-refractivity contribution >= 4 is 17.3 Å². The standard InChI is InChI=1S/C13H16N4O/c1-3-12-16-11(14)8-13(17-12)15-9-5-4-6-10(7-9)18-2/h4-8H,3H2,1-2H3,(H3,14,15,16,17). The monoisotopic (exact) mass is 244 g/mol. The second-order valence-corrected chi connectivity index (χ2v) is 3.80. The molecule has 0 unspecified atom stereocenters. The molecule has 0 atom stereocenters. The third kappa shape index (κ3) is 2.88. The van der Waals surface area contributed by atoms with Crippen LogP contribution >= 0.6 is 0 Å². The van der Waals surface area contributed by atoms with Gasteiger partial charge in [0.2, 0.25) is 0 Å². The molecule has 1 heterocycles. The van der Waals surface area contributed by atoms with Gasteiger partial charge in [0.15, 0.2) is 0 Å². The first-order valence-corrected chi connectivity index (χ1v) is 5.75. The molecule has 18 heavy (non-hydrogen) atoms.